The van der Waals surface area contributed by atoms with Crippen LogP contribution in [0.1, 0.15) is 41.6 Å². The van der Waals surface area contributed by atoms with Crippen LogP contribution in [0.5, 0.6) is 5.75 Å². The van der Waals surface area contributed by atoms with Crippen molar-refractivity contribution in [2.45, 2.75) is 44.3 Å². The second-order valence-electron chi connectivity index (χ2n) is 7.30. The first kappa shape index (κ1) is 16.3. The van der Waals surface area contributed by atoms with Crippen molar-refractivity contribution in [3.05, 3.63) is 65.7 Å². The Balaban J connectivity index is 1.44. The lowest BCUT2D eigenvalue weighted by Crippen LogP contribution is -2.44. The molecule has 2 aliphatic heterocycles. The molecule has 0 saturated carbocycles. The molecular weight excluding hydrogens is 310 g/mol. The molecule has 2 bridgehead atoms. The topological polar surface area (TPSA) is 29.5 Å². The molecule has 4 rings (SSSR count). The van der Waals surface area contributed by atoms with Gasteiger partial charge in [-0.25, -0.2) is 0 Å². The lowest BCUT2D eigenvalue weighted by atomic mass is 9.84. The number of hydrogen-bond donors (Lipinski definition) is 0. The van der Waals surface area contributed by atoms with Crippen LogP contribution >= 0.6 is 0 Å². The molecule has 3 heteroatoms. The van der Waals surface area contributed by atoms with Gasteiger partial charge in [0.1, 0.15) is 5.75 Å². The molecule has 130 valence electrons. The first-order chi connectivity index (χ1) is 12.2. The summed E-state index contributed by atoms with van der Waals surface area (Å²) >= 11 is 0. The summed E-state index contributed by atoms with van der Waals surface area (Å²) in [5.41, 5.74) is 2.20. The van der Waals surface area contributed by atoms with Crippen LogP contribution in [0.15, 0.2) is 54.6 Å². The van der Waals surface area contributed by atoms with Crippen LogP contribution in [0.25, 0.3) is 0 Å². The molecule has 2 heterocycles. The molecular formula is C22H25NO2. The highest BCUT2D eigenvalue weighted by molar-refractivity contribution is 5.98. The van der Waals surface area contributed by atoms with Crippen LogP contribution in [0.4, 0.5) is 0 Å². The number of carbonyl (C=O) groups is 1. The molecule has 2 atom stereocenters. The van der Waals surface area contributed by atoms with E-state index in [0.29, 0.717) is 17.9 Å². The highest BCUT2D eigenvalue weighted by Gasteiger charge is 2.42. The molecule has 0 aromatic heterocycles. The van der Waals surface area contributed by atoms with E-state index in [0.717, 1.165) is 30.7 Å². The van der Waals surface area contributed by atoms with E-state index in [1.807, 2.05) is 24.3 Å². The average molecular weight is 335 g/mol. The number of ketones is 1. The number of fused-ring (bicyclic) bond motifs is 2. The van der Waals surface area contributed by atoms with Gasteiger partial charge in [0.05, 0.1) is 7.11 Å². The maximum atomic E-state index is 12.9. The largest absolute Gasteiger partial charge is 0.497 e. The monoisotopic (exact) mass is 335 g/mol. The minimum atomic E-state index is 0.165. The van der Waals surface area contributed by atoms with Crippen molar-refractivity contribution >= 4 is 5.78 Å². The van der Waals surface area contributed by atoms with Crippen molar-refractivity contribution in [3.8, 4) is 5.75 Å². The third kappa shape index (κ3) is 3.34. The quantitative estimate of drug-likeness (QED) is 0.762. The van der Waals surface area contributed by atoms with Gasteiger partial charge >= 0.3 is 0 Å². The Morgan fingerprint density at radius 3 is 2.24 bits per heavy atom. The Morgan fingerprint density at radius 2 is 1.64 bits per heavy atom. The summed E-state index contributed by atoms with van der Waals surface area (Å²) in [5.74, 6) is 1.27. The Morgan fingerprint density at radius 1 is 1.00 bits per heavy atom. The summed E-state index contributed by atoms with van der Waals surface area (Å²) in [6.45, 7) is 1.01. The van der Waals surface area contributed by atoms with Crippen LogP contribution in [0, 0.1) is 5.92 Å². The number of piperidine rings is 1. The minimum absolute atomic E-state index is 0.165. The molecule has 3 nitrogen and oxygen atoms in total. The molecule has 2 aromatic carbocycles. The summed E-state index contributed by atoms with van der Waals surface area (Å²) in [7, 11) is 1.65. The average Bonchev–Trinajstić information content (AvgIpc) is 2.90. The fourth-order valence-corrected chi connectivity index (χ4v) is 4.53. The van der Waals surface area contributed by atoms with Crippen molar-refractivity contribution in [2.24, 2.45) is 5.92 Å². The molecule has 0 spiro atoms. The fourth-order valence-electron chi connectivity index (χ4n) is 4.53. The third-order valence-electron chi connectivity index (χ3n) is 5.84. The fraction of sp³-hybridized carbons (Fsp3) is 0.409. The van der Waals surface area contributed by atoms with Gasteiger partial charge in [-0.1, -0.05) is 30.3 Å². The van der Waals surface area contributed by atoms with Gasteiger partial charge in [0.15, 0.2) is 5.78 Å². The van der Waals surface area contributed by atoms with E-state index in [4.69, 9.17) is 4.74 Å². The van der Waals surface area contributed by atoms with Crippen LogP contribution in [0.2, 0.25) is 0 Å². The SMILES string of the molecule is COc1ccc(C(=O)C2CC3CCC(C2)N3Cc2ccccc2)cc1. The van der Waals surface area contributed by atoms with Crippen LogP contribution in [-0.4, -0.2) is 29.9 Å². The number of methoxy groups -OCH3 is 1. The van der Waals surface area contributed by atoms with E-state index in [1.165, 1.54) is 18.4 Å². The van der Waals surface area contributed by atoms with Gasteiger partial charge in [0.2, 0.25) is 0 Å². The second kappa shape index (κ2) is 7.01. The number of Topliss-reactive ketones (excluding diaryl/α,β-unsaturated/α-hetero) is 1. The van der Waals surface area contributed by atoms with Gasteiger partial charge in [0, 0.05) is 30.1 Å². The van der Waals surface area contributed by atoms with Gasteiger partial charge in [-0.15, -0.1) is 0 Å². The number of nitrogens with zero attached hydrogens (tertiary/aromatic N) is 1. The number of carbonyl (C=O) groups excluding carboxylic acids is 1. The summed E-state index contributed by atoms with van der Waals surface area (Å²) in [6, 6.07) is 19.4. The predicted molar refractivity (Wildman–Crippen MR) is 98.8 cm³/mol. The van der Waals surface area contributed by atoms with Gasteiger partial charge in [-0.05, 0) is 55.5 Å². The Labute approximate surface area is 149 Å². The molecule has 2 saturated heterocycles. The van der Waals surface area contributed by atoms with Crippen molar-refractivity contribution < 1.29 is 9.53 Å². The Hall–Kier alpha value is -2.13. The van der Waals surface area contributed by atoms with E-state index in [2.05, 4.69) is 35.2 Å². The Bertz CT molecular complexity index is 711. The number of rotatable bonds is 5. The van der Waals surface area contributed by atoms with E-state index < -0.39 is 0 Å². The molecule has 0 radical (unpaired) electrons. The second-order valence-corrected chi connectivity index (χ2v) is 7.30. The maximum Gasteiger partial charge on any atom is 0.166 e. The highest BCUT2D eigenvalue weighted by atomic mass is 16.5. The first-order valence-electron chi connectivity index (χ1n) is 9.22. The van der Waals surface area contributed by atoms with Gasteiger partial charge in [-0.3, -0.25) is 9.69 Å². The predicted octanol–water partition coefficient (Wildman–Crippen LogP) is 4.32. The number of benzene rings is 2. The van der Waals surface area contributed by atoms with Crippen molar-refractivity contribution in [2.75, 3.05) is 7.11 Å². The van der Waals surface area contributed by atoms with Crippen molar-refractivity contribution in [1.82, 2.24) is 4.90 Å². The first-order valence-corrected chi connectivity index (χ1v) is 9.22. The molecule has 2 fully saturated rings. The number of ether oxygens (including phenoxy) is 1. The summed E-state index contributed by atoms with van der Waals surface area (Å²) in [5, 5.41) is 0. The minimum Gasteiger partial charge on any atom is -0.497 e. The number of hydrogen-bond acceptors (Lipinski definition) is 3. The zero-order valence-corrected chi connectivity index (χ0v) is 14.7. The molecule has 2 unspecified atom stereocenters. The van der Waals surface area contributed by atoms with Crippen LogP contribution in [-0.2, 0) is 6.54 Å². The van der Waals surface area contributed by atoms with Gasteiger partial charge in [0.25, 0.3) is 0 Å². The molecule has 2 aromatic rings. The van der Waals surface area contributed by atoms with Crippen molar-refractivity contribution in [1.29, 1.82) is 0 Å². The van der Waals surface area contributed by atoms with Gasteiger partial charge in [-0.2, -0.15) is 0 Å². The third-order valence-corrected chi connectivity index (χ3v) is 5.84. The molecule has 0 amide bonds. The van der Waals surface area contributed by atoms with Crippen LogP contribution in [0.3, 0.4) is 0 Å². The van der Waals surface area contributed by atoms with E-state index in [1.54, 1.807) is 7.11 Å². The lowest BCUT2D eigenvalue weighted by Gasteiger charge is -2.38. The van der Waals surface area contributed by atoms with Crippen LogP contribution < -0.4 is 4.74 Å². The van der Waals surface area contributed by atoms with E-state index in [-0.39, 0.29) is 5.92 Å². The lowest BCUT2D eigenvalue weighted by molar-refractivity contribution is 0.0678. The smallest absolute Gasteiger partial charge is 0.166 e. The van der Waals surface area contributed by atoms with E-state index >= 15 is 0 Å². The standard InChI is InChI=1S/C22H25NO2/c1-25-21-11-7-17(8-12-21)22(24)18-13-19-9-10-20(14-18)23(19)15-16-5-3-2-4-6-16/h2-8,11-12,18-20H,9-10,13-15H2,1H3. The maximum absolute atomic E-state index is 12.9. The van der Waals surface area contributed by atoms with E-state index in [9.17, 15) is 4.79 Å². The van der Waals surface area contributed by atoms with Gasteiger partial charge < -0.3 is 4.74 Å². The summed E-state index contributed by atoms with van der Waals surface area (Å²) < 4.78 is 5.19. The zero-order valence-electron chi connectivity index (χ0n) is 14.7. The molecule has 25 heavy (non-hydrogen) atoms. The van der Waals surface area contributed by atoms with Crippen molar-refractivity contribution in [3.63, 3.8) is 0 Å². The molecule has 2 aliphatic rings. The normalized spacial score (nSPS) is 25.7. The molecule has 0 N–H and O–H groups in total. The summed E-state index contributed by atoms with van der Waals surface area (Å²) in [4.78, 5) is 15.6. The summed E-state index contributed by atoms with van der Waals surface area (Å²) in [6.07, 6.45) is 4.44. The Kier molecular flexibility index (Phi) is 4.58. The highest BCUT2D eigenvalue weighted by Crippen LogP contribution is 2.40. The zero-order chi connectivity index (χ0) is 17.2. The molecule has 0 aliphatic carbocycles.